The van der Waals surface area contributed by atoms with Crippen LogP contribution >= 0.6 is 23.2 Å². The molecule has 0 heterocycles. The highest BCUT2D eigenvalue weighted by Gasteiger charge is 2.30. The molecule has 210 valence electrons. The second-order valence-corrected chi connectivity index (χ2v) is 11.8. The number of anilines is 1. The third kappa shape index (κ3) is 8.78. The van der Waals surface area contributed by atoms with Crippen molar-refractivity contribution in [2.75, 3.05) is 24.2 Å². The van der Waals surface area contributed by atoms with Gasteiger partial charge in [0.15, 0.2) is 0 Å². The molecule has 2 aromatic rings. The molecule has 0 radical (unpaired) electrons. The van der Waals surface area contributed by atoms with Crippen LogP contribution in [-0.2, 0) is 26.2 Å². The lowest BCUT2D eigenvalue weighted by Crippen LogP contribution is -2.50. The Morgan fingerprint density at radius 1 is 1.03 bits per heavy atom. The first-order valence-corrected chi connectivity index (χ1v) is 15.2. The van der Waals surface area contributed by atoms with Crippen molar-refractivity contribution in [3.8, 4) is 5.75 Å². The Balaban J connectivity index is 2.27. The molecule has 2 amide bonds. The molecule has 2 aromatic carbocycles. The van der Waals surface area contributed by atoms with Gasteiger partial charge < -0.3 is 15.0 Å². The number of amides is 2. The average Bonchev–Trinajstić information content (AvgIpc) is 2.87. The molecule has 2 atom stereocenters. The minimum absolute atomic E-state index is 0.0252. The van der Waals surface area contributed by atoms with Crippen molar-refractivity contribution in [3.05, 3.63) is 58.1 Å². The number of nitrogens with one attached hydrogen (secondary N) is 1. The zero-order valence-corrected chi connectivity index (χ0v) is 24.9. The van der Waals surface area contributed by atoms with Crippen LogP contribution in [-0.4, -0.2) is 57.1 Å². The van der Waals surface area contributed by atoms with Gasteiger partial charge in [0.1, 0.15) is 11.8 Å². The van der Waals surface area contributed by atoms with Gasteiger partial charge in [0.05, 0.1) is 19.1 Å². The molecule has 11 heteroatoms. The van der Waals surface area contributed by atoms with Crippen LogP contribution in [0, 0.1) is 0 Å². The molecule has 8 nitrogen and oxygen atoms in total. The van der Waals surface area contributed by atoms with Gasteiger partial charge in [-0.25, -0.2) is 8.42 Å². The maximum atomic E-state index is 13.6. The number of carbonyl (C=O) groups excluding carboxylic acids is 2. The smallest absolute Gasteiger partial charge is 0.243 e. The minimum Gasteiger partial charge on any atom is -0.497 e. The van der Waals surface area contributed by atoms with Crippen LogP contribution in [0.2, 0.25) is 10.0 Å². The summed E-state index contributed by atoms with van der Waals surface area (Å²) >= 11 is 12.8. The molecule has 0 aromatic heterocycles. The summed E-state index contributed by atoms with van der Waals surface area (Å²) in [5.41, 5.74) is 1.02. The number of hydrogen-bond acceptors (Lipinski definition) is 5. The lowest BCUT2D eigenvalue weighted by atomic mass is 10.1. The third-order valence-corrected chi connectivity index (χ3v) is 8.19. The van der Waals surface area contributed by atoms with Gasteiger partial charge in [-0.05, 0) is 62.6 Å². The summed E-state index contributed by atoms with van der Waals surface area (Å²) in [4.78, 5) is 28.2. The zero-order chi connectivity index (χ0) is 28.5. The van der Waals surface area contributed by atoms with E-state index in [9.17, 15) is 18.0 Å². The molecule has 2 rings (SSSR count). The molecule has 0 bridgehead atoms. The molecule has 0 aliphatic rings. The Morgan fingerprint density at radius 3 is 2.13 bits per heavy atom. The first kappa shape index (κ1) is 31.7. The van der Waals surface area contributed by atoms with Gasteiger partial charge in [0.2, 0.25) is 21.8 Å². The standard InChI is InChI=1S/C27H37Cl2N3O5S/c1-6-19(3)30-27(34)25(7-2)31(18-22-23(28)10-8-11-24(22)29)26(33)12-9-17-32(38(5,35)36)20-13-15-21(37-4)16-14-20/h8,10-11,13-16,19,25H,6-7,9,12,17-18H2,1-5H3,(H,30,34)/t19-,25-/m1/s1. The summed E-state index contributed by atoms with van der Waals surface area (Å²) in [5.74, 6) is 0.0530. The van der Waals surface area contributed by atoms with E-state index < -0.39 is 16.1 Å². The molecule has 0 aliphatic heterocycles. The summed E-state index contributed by atoms with van der Waals surface area (Å²) in [6.45, 7) is 5.85. The fourth-order valence-corrected chi connectivity index (χ4v) is 5.45. The molecular formula is C27H37Cl2N3O5S. The maximum Gasteiger partial charge on any atom is 0.243 e. The number of halogens is 2. The van der Waals surface area contributed by atoms with E-state index in [0.717, 1.165) is 12.7 Å². The number of ether oxygens (including phenoxy) is 1. The molecule has 1 N–H and O–H groups in total. The Bertz CT molecular complexity index is 1170. The lowest BCUT2D eigenvalue weighted by molar-refractivity contribution is -0.141. The largest absolute Gasteiger partial charge is 0.497 e. The van der Waals surface area contributed by atoms with Crippen molar-refractivity contribution in [3.63, 3.8) is 0 Å². The van der Waals surface area contributed by atoms with Gasteiger partial charge in [0.25, 0.3) is 0 Å². The molecule has 38 heavy (non-hydrogen) atoms. The highest BCUT2D eigenvalue weighted by atomic mass is 35.5. The van der Waals surface area contributed by atoms with E-state index in [4.69, 9.17) is 27.9 Å². The number of benzene rings is 2. The van der Waals surface area contributed by atoms with E-state index in [1.807, 2.05) is 20.8 Å². The summed E-state index contributed by atoms with van der Waals surface area (Å²) in [6.07, 6.45) is 2.53. The highest BCUT2D eigenvalue weighted by Crippen LogP contribution is 2.28. The number of sulfonamides is 1. The molecule has 0 saturated heterocycles. The molecule has 0 unspecified atom stereocenters. The van der Waals surface area contributed by atoms with Crippen LogP contribution < -0.4 is 14.4 Å². The second-order valence-electron chi connectivity index (χ2n) is 9.10. The highest BCUT2D eigenvalue weighted by molar-refractivity contribution is 7.92. The average molecular weight is 587 g/mol. The molecule has 0 spiro atoms. The predicted octanol–water partition coefficient (Wildman–Crippen LogP) is 5.27. The van der Waals surface area contributed by atoms with E-state index in [0.29, 0.717) is 33.5 Å². The van der Waals surface area contributed by atoms with Crippen molar-refractivity contribution in [2.45, 2.75) is 65.1 Å². The van der Waals surface area contributed by atoms with Gasteiger partial charge in [-0.1, -0.05) is 43.1 Å². The van der Waals surface area contributed by atoms with Crippen molar-refractivity contribution in [1.82, 2.24) is 10.2 Å². The number of hydrogen-bond donors (Lipinski definition) is 1. The minimum atomic E-state index is -3.60. The van der Waals surface area contributed by atoms with Crippen LogP contribution in [0.4, 0.5) is 5.69 Å². The van der Waals surface area contributed by atoms with E-state index in [-0.39, 0.29) is 43.8 Å². The van der Waals surface area contributed by atoms with Crippen LogP contribution in [0.1, 0.15) is 52.0 Å². The fraction of sp³-hybridized carbons (Fsp3) is 0.481. The number of nitrogens with zero attached hydrogens (tertiary/aromatic N) is 2. The van der Waals surface area contributed by atoms with Crippen LogP contribution in [0.25, 0.3) is 0 Å². The zero-order valence-electron chi connectivity index (χ0n) is 22.5. The van der Waals surface area contributed by atoms with E-state index in [1.54, 1.807) is 42.5 Å². The van der Waals surface area contributed by atoms with Crippen LogP contribution in [0.5, 0.6) is 5.75 Å². The third-order valence-electron chi connectivity index (χ3n) is 6.29. The Morgan fingerprint density at radius 2 is 1.63 bits per heavy atom. The monoisotopic (exact) mass is 585 g/mol. The van der Waals surface area contributed by atoms with Crippen molar-refractivity contribution >= 4 is 50.7 Å². The summed E-state index contributed by atoms with van der Waals surface area (Å²) in [6, 6.07) is 11.0. The van der Waals surface area contributed by atoms with Gasteiger partial charge in [0, 0.05) is 41.2 Å². The van der Waals surface area contributed by atoms with E-state index in [1.165, 1.54) is 16.3 Å². The Hall–Kier alpha value is -2.49. The second kappa shape index (κ2) is 14.6. The van der Waals surface area contributed by atoms with Crippen LogP contribution in [0.15, 0.2) is 42.5 Å². The molecule has 0 fully saturated rings. The molecule has 0 saturated carbocycles. The fourth-order valence-electron chi connectivity index (χ4n) is 3.97. The van der Waals surface area contributed by atoms with Gasteiger partial charge in [-0.15, -0.1) is 0 Å². The summed E-state index contributed by atoms with van der Waals surface area (Å²) in [5, 5.41) is 3.76. The SMILES string of the molecule is CC[C@@H](C)NC(=O)[C@@H](CC)N(Cc1c(Cl)cccc1Cl)C(=O)CCCN(c1ccc(OC)cc1)S(C)(=O)=O. The lowest BCUT2D eigenvalue weighted by Gasteiger charge is -2.32. The number of carbonyl (C=O) groups is 2. The normalized spacial score (nSPS) is 12.9. The first-order valence-electron chi connectivity index (χ1n) is 12.6. The van der Waals surface area contributed by atoms with Gasteiger partial charge in [-0.2, -0.15) is 0 Å². The summed E-state index contributed by atoms with van der Waals surface area (Å²) < 4.78 is 31.4. The topological polar surface area (TPSA) is 96.0 Å². The quantitative estimate of drug-likeness (QED) is 0.326. The van der Waals surface area contributed by atoms with Crippen molar-refractivity contribution in [2.24, 2.45) is 0 Å². The number of methoxy groups -OCH3 is 1. The predicted molar refractivity (Wildman–Crippen MR) is 153 cm³/mol. The van der Waals surface area contributed by atoms with E-state index >= 15 is 0 Å². The maximum absolute atomic E-state index is 13.6. The van der Waals surface area contributed by atoms with Crippen molar-refractivity contribution in [1.29, 1.82) is 0 Å². The molecule has 0 aliphatic carbocycles. The van der Waals surface area contributed by atoms with Gasteiger partial charge >= 0.3 is 0 Å². The van der Waals surface area contributed by atoms with Crippen LogP contribution in [0.3, 0.4) is 0 Å². The summed E-state index contributed by atoms with van der Waals surface area (Å²) in [7, 11) is -2.07. The van der Waals surface area contributed by atoms with Crippen molar-refractivity contribution < 1.29 is 22.7 Å². The van der Waals surface area contributed by atoms with Gasteiger partial charge in [-0.3, -0.25) is 13.9 Å². The Kier molecular flexibility index (Phi) is 12.2. The van der Waals surface area contributed by atoms with E-state index in [2.05, 4.69) is 5.32 Å². The Labute approximate surface area is 236 Å². The molecular weight excluding hydrogens is 549 g/mol. The number of rotatable bonds is 14. The first-order chi connectivity index (χ1) is 17.9.